The monoisotopic (exact) mass is 342 g/mol. The number of nitrogens with one attached hydrogen (secondary N) is 1. The minimum absolute atomic E-state index is 0.174. The number of halogens is 1. The zero-order chi connectivity index (χ0) is 13.8. The molecule has 0 saturated heterocycles. The highest BCUT2D eigenvalue weighted by molar-refractivity contribution is 9.11. The fourth-order valence-corrected chi connectivity index (χ4v) is 3.24. The Hall–Kier alpha value is -1.34. The van der Waals surface area contributed by atoms with Crippen LogP contribution in [0.15, 0.2) is 22.1 Å². The molecule has 0 aliphatic carbocycles. The lowest BCUT2D eigenvalue weighted by molar-refractivity contribution is 0.0944. The molecule has 2 aromatic heterocycles. The van der Waals surface area contributed by atoms with Crippen molar-refractivity contribution >= 4 is 38.9 Å². The van der Waals surface area contributed by atoms with Gasteiger partial charge in [0.05, 0.1) is 15.7 Å². The molecule has 0 fully saturated rings. The molecule has 0 saturated carbocycles. The van der Waals surface area contributed by atoms with Gasteiger partial charge in [-0.1, -0.05) is 0 Å². The summed E-state index contributed by atoms with van der Waals surface area (Å²) in [6, 6.07) is 4.05. The third kappa shape index (κ3) is 3.36. The van der Waals surface area contributed by atoms with Gasteiger partial charge >= 0.3 is 0 Å². The number of thiophene rings is 1. The van der Waals surface area contributed by atoms with E-state index in [1.54, 1.807) is 16.0 Å². The highest BCUT2D eigenvalue weighted by Crippen LogP contribution is 2.22. The first-order valence-electron chi connectivity index (χ1n) is 5.95. The summed E-state index contributed by atoms with van der Waals surface area (Å²) >= 11 is 5.09. The molecular formula is C12H15BrN4OS. The van der Waals surface area contributed by atoms with E-state index in [2.05, 4.69) is 26.3 Å². The lowest BCUT2D eigenvalue weighted by Gasteiger charge is -2.07. The van der Waals surface area contributed by atoms with Crippen LogP contribution in [0.3, 0.4) is 0 Å². The highest BCUT2D eigenvalue weighted by Gasteiger charge is 2.15. The summed E-state index contributed by atoms with van der Waals surface area (Å²) in [6.07, 6.45) is 2.32. The lowest BCUT2D eigenvalue weighted by Crippen LogP contribution is -2.28. The third-order valence-corrected chi connectivity index (χ3v) is 4.35. The van der Waals surface area contributed by atoms with Crippen molar-refractivity contribution in [3.8, 4) is 0 Å². The second kappa shape index (κ2) is 6.21. The van der Waals surface area contributed by atoms with Crippen LogP contribution in [0.2, 0.25) is 0 Å². The predicted molar refractivity (Wildman–Crippen MR) is 80.4 cm³/mol. The van der Waals surface area contributed by atoms with E-state index in [4.69, 9.17) is 5.73 Å². The van der Waals surface area contributed by atoms with Crippen LogP contribution in [0, 0.1) is 0 Å². The van der Waals surface area contributed by atoms with Crippen molar-refractivity contribution in [2.24, 2.45) is 0 Å². The van der Waals surface area contributed by atoms with E-state index < -0.39 is 0 Å². The SMILES string of the molecule is CCn1ncc(N)c1C(=O)NCCc1ccc(Br)s1. The Morgan fingerprint density at radius 3 is 3.00 bits per heavy atom. The quantitative estimate of drug-likeness (QED) is 0.875. The largest absolute Gasteiger partial charge is 0.396 e. The summed E-state index contributed by atoms with van der Waals surface area (Å²) in [6.45, 7) is 3.13. The topological polar surface area (TPSA) is 72.9 Å². The number of anilines is 1. The van der Waals surface area contributed by atoms with E-state index in [0.29, 0.717) is 24.5 Å². The molecule has 1 amide bonds. The number of aromatic nitrogens is 2. The van der Waals surface area contributed by atoms with Crippen LogP contribution in [-0.2, 0) is 13.0 Å². The standard InChI is InChI=1S/C12H15BrN4OS/c1-2-17-11(9(14)7-16-17)12(18)15-6-5-8-3-4-10(13)19-8/h3-4,7H,2,5-6,14H2,1H3,(H,15,18). The van der Waals surface area contributed by atoms with Crippen molar-refractivity contribution in [2.45, 2.75) is 19.9 Å². The van der Waals surface area contributed by atoms with Crippen LogP contribution < -0.4 is 11.1 Å². The van der Waals surface area contributed by atoms with Gasteiger partial charge in [0, 0.05) is 18.0 Å². The second-order valence-electron chi connectivity index (χ2n) is 3.98. The molecule has 0 radical (unpaired) electrons. The molecule has 2 rings (SSSR count). The number of aryl methyl sites for hydroxylation is 1. The molecular weight excluding hydrogens is 328 g/mol. The Kier molecular flexibility index (Phi) is 4.60. The molecule has 0 bridgehead atoms. The molecule has 5 nitrogen and oxygen atoms in total. The highest BCUT2D eigenvalue weighted by atomic mass is 79.9. The second-order valence-corrected chi connectivity index (χ2v) is 6.52. The van der Waals surface area contributed by atoms with E-state index in [0.717, 1.165) is 10.2 Å². The average molecular weight is 343 g/mol. The van der Waals surface area contributed by atoms with Crippen molar-refractivity contribution in [2.75, 3.05) is 12.3 Å². The van der Waals surface area contributed by atoms with Gasteiger partial charge in [-0.2, -0.15) is 5.10 Å². The minimum atomic E-state index is -0.174. The van der Waals surface area contributed by atoms with Crippen molar-refractivity contribution in [3.63, 3.8) is 0 Å². The number of carbonyl (C=O) groups is 1. The van der Waals surface area contributed by atoms with Gasteiger partial charge in [-0.05, 0) is 41.4 Å². The minimum Gasteiger partial charge on any atom is -0.396 e. The molecule has 7 heteroatoms. The van der Waals surface area contributed by atoms with Crippen LogP contribution in [-0.4, -0.2) is 22.2 Å². The van der Waals surface area contributed by atoms with Crippen LogP contribution in [0.25, 0.3) is 0 Å². The molecule has 0 aliphatic heterocycles. The first-order valence-corrected chi connectivity index (χ1v) is 7.56. The maximum absolute atomic E-state index is 12.0. The number of hydrogen-bond acceptors (Lipinski definition) is 4. The van der Waals surface area contributed by atoms with Gasteiger partial charge in [0.15, 0.2) is 0 Å². The van der Waals surface area contributed by atoms with Crippen molar-refractivity contribution in [1.82, 2.24) is 15.1 Å². The van der Waals surface area contributed by atoms with E-state index in [9.17, 15) is 4.79 Å². The summed E-state index contributed by atoms with van der Waals surface area (Å²) in [5.41, 5.74) is 6.61. The lowest BCUT2D eigenvalue weighted by atomic mass is 10.3. The number of rotatable bonds is 5. The molecule has 19 heavy (non-hydrogen) atoms. The fourth-order valence-electron chi connectivity index (χ4n) is 1.76. The molecule has 0 aromatic carbocycles. The molecule has 2 aromatic rings. The van der Waals surface area contributed by atoms with Crippen molar-refractivity contribution in [1.29, 1.82) is 0 Å². The molecule has 0 unspecified atom stereocenters. The number of nitrogens with zero attached hydrogens (tertiary/aromatic N) is 2. The number of nitrogen functional groups attached to an aromatic ring is 1. The number of amides is 1. The maximum atomic E-state index is 12.0. The zero-order valence-electron chi connectivity index (χ0n) is 10.5. The molecule has 0 aliphatic rings. The smallest absolute Gasteiger partial charge is 0.271 e. The normalized spacial score (nSPS) is 10.6. The van der Waals surface area contributed by atoms with Crippen molar-refractivity contribution < 1.29 is 4.79 Å². The molecule has 102 valence electrons. The Bertz CT molecular complexity index is 578. The summed E-state index contributed by atoms with van der Waals surface area (Å²) in [5.74, 6) is -0.174. The summed E-state index contributed by atoms with van der Waals surface area (Å²) in [4.78, 5) is 13.3. The first kappa shape index (κ1) is 14.1. The van der Waals surface area contributed by atoms with Crippen molar-refractivity contribution in [3.05, 3.63) is 32.7 Å². The molecule has 0 atom stereocenters. The van der Waals surface area contributed by atoms with E-state index in [1.165, 1.54) is 11.1 Å². The van der Waals surface area contributed by atoms with Crippen LogP contribution in [0.1, 0.15) is 22.3 Å². The summed E-state index contributed by atoms with van der Waals surface area (Å²) in [7, 11) is 0. The van der Waals surface area contributed by atoms with Crippen LogP contribution >= 0.6 is 27.3 Å². The van der Waals surface area contributed by atoms with E-state index in [-0.39, 0.29) is 5.91 Å². The van der Waals surface area contributed by atoms with Crippen LogP contribution in [0.5, 0.6) is 0 Å². The Labute approximate surface area is 123 Å². The number of carbonyl (C=O) groups excluding carboxylic acids is 1. The number of nitrogens with two attached hydrogens (primary N) is 1. The molecule has 2 heterocycles. The maximum Gasteiger partial charge on any atom is 0.271 e. The summed E-state index contributed by atoms with van der Waals surface area (Å²) < 4.78 is 2.70. The van der Waals surface area contributed by atoms with E-state index >= 15 is 0 Å². The Morgan fingerprint density at radius 1 is 1.58 bits per heavy atom. The average Bonchev–Trinajstić information content (AvgIpc) is 2.95. The zero-order valence-corrected chi connectivity index (χ0v) is 12.9. The van der Waals surface area contributed by atoms with Gasteiger partial charge in [0.1, 0.15) is 5.69 Å². The molecule has 3 N–H and O–H groups in total. The third-order valence-electron chi connectivity index (χ3n) is 2.67. The van der Waals surface area contributed by atoms with Gasteiger partial charge in [-0.15, -0.1) is 11.3 Å². The summed E-state index contributed by atoms with van der Waals surface area (Å²) in [5, 5.41) is 6.92. The van der Waals surface area contributed by atoms with E-state index in [1.807, 2.05) is 19.1 Å². The Balaban J connectivity index is 1.92. The molecule has 0 spiro atoms. The Morgan fingerprint density at radius 2 is 2.37 bits per heavy atom. The first-order chi connectivity index (χ1) is 9.11. The van der Waals surface area contributed by atoms with Gasteiger partial charge in [0.2, 0.25) is 0 Å². The van der Waals surface area contributed by atoms with Gasteiger partial charge in [-0.25, -0.2) is 0 Å². The van der Waals surface area contributed by atoms with Gasteiger partial charge in [0.25, 0.3) is 5.91 Å². The fraction of sp³-hybridized carbons (Fsp3) is 0.333. The number of hydrogen-bond donors (Lipinski definition) is 2. The van der Waals surface area contributed by atoms with Crippen LogP contribution in [0.4, 0.5) is 5.69 Å². The van der Waals surface area contributed by atoms with Gasteiger partial charge < -0.3 is 11.1 Å². The predicted octanol–water partition coefficient (Wildman–Crippen LogP) is 2.28. The van der Waals surface area contributed by atoms with Gasteiger partial charge in [-0.3, -0.25) is 9.48 Å².